The second-order valence-corrected chi connectivity index (χ2v) is 5.34. The van der Waals surface area contributed by atoms with E-state index in [0.717, 1.165) is 24.3 Å². The van der Waals surface area contributed by atoms with E-state index < -0.39 is 0 Å². The normalized spacial score (nSPS) is 21.6. The Balaban J connectivity index is 2.10. The molecule has 0 aliphatic carbocycles. The van der Waals surface area contributed by atoms with Gasteiger partial charge in [-0.2, -0.15) is 0 Å². The van der Waals surface area contributed by atoms with Gasteiger partial charge in [-0.3, -0.25) is 9.59 Å². The fourth-order valence-electron chi connectivity index (χ4n) is 2.48. The van der Waals surface area contributed by atoms with E-state index in [1.807, 2.05) is 6.92 Å². The SMILES string of the molecule is CNC(=O)c1ccc(NC(=O)[C@@H]2CNC[C@H]2C)c(C)c1. The zero-order valence-electron chi connectivity index (χ0n) is 12.1. The smallest absolute Gasteiger partial charge is 0.251 e. The van der Waals surface area contributed by atoms with E-state index >= 15 is 0 Å². The molecule has 0 spiro atoms. The highest BCUT2D eigenvalue weighted by atomic mass is 16.2. The van der Waals surface area contributed by atoms with E-state index in [2.05, 4.69) is 22.9 Å². The molecule has 2 amide bonds. The Bertz CT molecular complexity index is 528. The summed E-state index contributed by atoms with van der Waals surface area (Å²) < 4.78 is 0. The molecule has 3 N–H and O–H groups in total. The average Bonchev–Trinajstić information content (AvgIpc) is 2.86. The lowest BCUT2D eigenvalue weighted by atomic mass is 9.97. The van der Waals surface area contributed by atoms with Crippen molar-refractivity contribution in [3.63, 3.8) is 0 Å². The lowest BCUT2D eigenvalue weighted by Gasteiger charge is -2.16. The maximum atomic E-state index is 12.2. The zero-order chi connectivity index (χ0) is 14.7. The predicted octanol–water partition coefficient (Wildman–Crippen LogP) is 1.15. The minimum atomic E-state index is -0.125. The largest absolute Gasteiger partial charge is 0.355 e. The van der Waals surface area contributed by atoms with Gasteiger partial charge < -0.3 is 16.0 Å². The lowest BCUT2D eigenvalue weighted by Crippen LogP contribution is -2.28. The number of benzene rings is 1. The summed E-state index contributed by atoms with van der Waals surface area (Å²) >= 11 is 0. The van der Waals surface area contributed by atoms with Crippen LogP contribution in [0.3, 0.4) is 0 Å². The molecule has 0 aromatic heterocycles. The molecule has 20 heavy (non-hydrogen) atoms. The molecule has 2 atom stereocenters. The minimum absolute atomic E-state index is 0.00742. The van der Waals surface area contributed by atoms with Crippen LogP contribution in [0, 0.1) is 18.8 Å². The topological polar surface area (TPSA) is 70.2 Å². The van der Waals surface area contributed by atoms with Crippen LogP contribution >= 0.6 is 0 Å². The molecule has 1 aliphatic heterocycles. The first kappa shape index (κ1) is 14.5. The van der Waals surface area contributed by atoms with E-state index in [1.165, 1.54) is 0 Å². The first-order valence-electron chi connectivity index (χ1n) is 6.87. The Morgan fingerprint density at radius 2 is 2.05 bits per heavy atom. The number of amides is 2. The molecule has 0 unspecified atom stereocenters. The number of rotatable bonds is 3. The van der Waals surface area contributed by atoms with Gasteiger partial charge in [0.05, 0.1) is 5.92 Å². The summed E-state index contributed by atoms with van der Waals surface area (Å²) in [5.74, 6) is 0.270. The maximum absolute atomic E-state index is 12.2. The summed E-state index contributed by atoms with van der Waals surface area (Å²) in [5, 5.41) is 8.76. The molecule has 1 aromatic carbocycles. The van der Waals surface area contributed by atoms with Crippen LogP contribution in [0.15, 0.2) is 18.2 Å². The van der Waals surface area contributed by atoms with Crippen molar-refractivity contribution in [1.82, 2.24) is 10.6 Å². The van der Waals surface area contributed by atoms with Crippen molar-refractivity contribution in [3.8, 4) is 0 Å². The molecule has 108 valence electrons. The summed E-state index contributed by atoms with van der Waals surface area (Å²) in [7, 11) is 1.60. The fraction of sp³-hybridized carbons (Fsp3) is 0.467. The van der Waals surface area contributed by atoms with E-state index in [-0.39, 0.29) is 17.7 Å². The van der Waals surface area contributed by atoms with Crippen molar-refractivity contribution in [3.05, 3.63) is 29.3 Å². The van der Waals surface area contributed by atoms with Gasteiger partial charge in [-0.15, -0.1) is 0 Å². The van der Waals surface area contributed by atoms with Crippen LogP contribution in [0.4, 0.5) is 5.69 Å². The molecule has 1 fully saturated rings. The van der Waals surface area contributed by atoms with Crippen LogP contribution in [-0.4, -0.2) is 32.0 Å². The van der Waals surface area contributed by atoms with E-state index in [0.29, 0.717) is 11.5 Å². The molecule has 1 heterocycles. The van der Waals surface area contributed by atoms with Crippen molar-refractivity contribution in [1.29, 1.82) is 0 Å². The number of anilines is 1. The summed E-state index contributed by atoms with van der Waals surface area (Å²) in [5.41, 5.74) is 2.25. The number of hydrogen-bond donors (Lipinski definition) is 3. The summed E-state index contributed by atoms with van der Waals surface area (Å²) in [6.45, 7) is 5.57. The Morgan fingerprint density at radius 3 is 2.60 bits per heavy atom. The molecule has 1 aliphatic rings. The van der Waals surface area contributed by atoms with Crippen LogP contribution < -0.4 is 16.0 Å². The quantitative estimate of drug-likeness (QED) is 0.775. The van der Waals surface area contributed by atoms with E-state index in [1.54, 1.807) is 25.2 Å². The standard InChI is InChI=1S/C15H21N3O2/c1-9-6-11(14(19)16-3)4-5-13(9)18-15(20)12-8-17-7-10(12)2/h4-6,10,12,17H,7-8H2,1-3H3,(H,16,19)(H,18,20)/t10-,12-/m1/s1. The molecular formula is C15H21N3O2. The third-order valence-electron chi connectivity index (χ3n) is 3.83. The Morgan fingerprint density at radius 1 is 1.30 bits per heavy atom. The van der Waals surface area contributed by atoms with Crippen molar-refractivity contribution in [2.45, 2.75) is 13.8 Å². The third kappa shape index (κ3) is 2.99. The number of hydrogen-bond acceptors (Lipinski definition) is 3. The third-order valence-corrected chi connectivity index (χ3v) is 3.83. The second-order valence-electron chi connectivity index (χ2n) is 5.34. The van der Waals surface area contributed by atoms with Crippen molar-refractivity contribution < 1.29 is 9.59 Å². The van der Waals surface area contributed by atoms with Gasteiger partial charge >= 0.3 is 0 Å². The van der Waals surface area contributed by atoms with E-state index in [4.69, 9.17) is 0 Å². The van der Waals surface area contributed by atoms with Gasteiger partial charge in [0.2, 0.25) is 5.91 Å². The minimum Gasteiger partial charge on any atom is -0.355 e. The van der Waals surface area contributed by atoms with Gasteiger partial charge in [-0.1, -0.05) is 6.92 Å². The molecule has 0 bridgehead atoms. The number of aryl methyl sites for hydroxylation is 1. The average molecular weight is 275 g/mol. The first-order valence-corrected chi connectivity index (χ1v) is 6.87. The van der Waals surface area contributed by atoms with E-state index in [9.17, 15) is 9.59 Å². The highest BCUT2D eigenvalue weighted by Gasteiger charge is 2.29. The van der Waals surface area contributed by atoms with Crippen LogP contribution in [0.2, 0.25) is 0 Å². The summed E-state index contributed by atoms with van der Waals surface area (Å²) in [4.78, 5) is 23.8. The molecule has 1 aromatic rings. The number of carbonyl (C=O) groups excluding carboxylic acids is 2. The van der Waals surface area contributed by atoms with Crippen LogP contribution in [0.5, 0.6) is 0 Å². The Labute approximate surface area is 119 Å². The van der Waals surface area contributed by atoms with Crippen molar-refractivity contribution in [2.75, 3.05) is 25.5 Å². The lowest BCUT2D eigenvalue weighted by molar-refractivity contribution is -0.120. The number of carbonyl (C=O) groups is 2. The Kier molecular flexibility index (Phi) is 4.39. The summed E-state index contributed by atoms with van der Waals surface area (Å²) in [6, 6.07) is 5.29. The summed E-state index contributed by atoms with van der Waals surface area (Å²) in [6.07, 6.45) is 0. The fourth-order valence-corrected chi connectivity index (χ4v) is 2.48. The molecule has 1 saturated heterocycles. The highest BCUT2D eigenvalue weighted by molar-refractivity contribution is 5.97. The molecule has 5 nitrogen and oxygen atoms in total. The zero-order valence-corrected chi connectivity index (χ0v) is 12.1. The van der Waals surface area contributed by atoms with Gasteiger partial charge in [0, 0.05) is 24.8 Å². The Hall–Kier alpha value is -1.88. The van der Waals surface area contributed by atoms with Crippen LogP contribution in [0.25, 0.3) is 0 Å². The van der Waals surface area contributed by atoms with Crippen LogP contribution in [0.1, 0.15) is 22.8 Å². The molecular weight excluding hydrogens is 254 g/mol. The molecule has 0 saturated carbocycles. The van der Waals surface area contributed by atoms with Gasteiger partial charge in [-0.05, 0) is 43.1 Å². The second kappa shape index (κ2) is 6.05. The monoisotopic (exact) mass is 275 g/mol. The molecule has 5 heteroatoms. The van der Waals surface area contributed by atoms with Gasteiger partial charge in [0.15, 0.2) is 0 Å². The van der Waals surface area contributed by atoms with Crippen molar-refractivity contribution in [2.24, 2.45) is 11.8 Å². The van der Waals surface area contributed by atoms with Gasteiger partial charge in [-0.25, -0.2) is 0 Å². The first-order chi connectivity index (χ1) is 9.52. The predicted molar refractivity (Wildman–Crippen MR) is 78.7 cm³/mol. The number of nitrogens with one attached hydrogen (secondary N) is 3. The molecule has 2 rings (SSSR count). The van der Waals surface area contributed by atoms with Gasteiger partial charge in [0.1, 0.15) is 0 Å². The van der Waals surface area contributed by atoms with Crippen LogP contribution in [-0.2, 0) is 4.79 Å². The van der Waals surface area contributed by atoms with Crippen molar-refractivity contribution >= 4 is 17.5 Å². The maximum Gasteiger partial charge on any atom is 0.251 e. The highest BCUT2D eigenvalue weighted by Crippen LogP contribution is 2.21. The molecule has 0 radical (unpaired) electrons. The van der Waals surface area contributed by atoms with Gasteiger partial charge in [0.25, 0.3) is 5.91 Å².